The highest BCUT2D eigenvalue weighted by Crippen LogP contribution is 2.33. The Morgan fingerprint density at radius 1 is 1.25 bits per heavy atom. The molecule has 2 rings (SSSR count). The highest BCUT2D eigenvalue weighted by molar-refractivity contribution is 6.77. The molecule has 0 heterocycles. The highest BCUT2D eigenvalue weighted by Gasteiger charge is 2.30. The SMILES string of the molecule is CC1=Cc2cc(C(C)(C)C)cc(C(=O)N[Si](C)(C)O[Si](C)C)c2C1. The Hall–Kier alpha value is -1.18. The van der Waals surface area contributed by atoms with Crippen LogP contribution in [0.5, 0.6) is 0 Å². The smallest absolute Gasteiger partial charge is 0.283 e. The summed E-state index contributed by atoms with van der Waals surface area (Å²) in [6.07, 6.45) is 3.07. The van der Waals surface area contributed by atoms with Crippen LogP contribution >= 0.6 is 0 Å². The molecule has 131 valence electrons. The number of benzene rings is 1. The van der Waals surface area contributed by atoms with Crippen molar-refractivity contribution < 1.29 is 8.91 Å². The van der Waals surface area contributed by atoms with Gasteiger partial charge in [-0.1, -0.05) is 38.5 Å². The topological polar surface area (TPSA) is 38.3 Å². The minimum absolute atomic E-state index is 0.0142. The minimum Gasteiger partial charge on any atom is -0.441 e. The summed E-state index contributed by atoms with van der Waals surface area (Å²) in [6.45, 7) is 17.0. The Labute approximate surface area is 149 Å². The van der Waals surface area contributed by atoms with E-state index in [0.717, 1.165) is 17.5 Å². The first-order chi connectivity index (χ1) is 10.9. The number of nitrogens with one attached hydrogen (secondary N) is 1. The summed E-state index contributed by atoms with van der Waals surface area (Å²) in [4.78, 5) is 16.2. The number of hydrogen-bond acceptors (Lipinski definition) is 2. The summed E-state index contributed by atoms with van der Waals surface area (Å²) >= 11 is 0. The normalized spacial score (nSPS) is 14.6. The van der Waals surface area contributed by atoms with E-state index in [-0.39, 0.29) is 11.3 Å². The van der Waals surface area contributed by atoms with Crippen molar-refractivity contribution in [2.24, 2.45) is 0 Å². The number of hydrogen-bond donors (Lipinski definition) is 1. The Balaban J connectivity index is 2.40. The molecular formula is C19H30NO2Si2. The third kappa shape index (κ3) is 4.46. The fraction of sp³-hybridized carbons (Fsp3) is 0.526. The molecule has 1 aromatic carbocycles. The molecule has 1 aliphatic rings. The zero-order valence-corrected chi connectivity index (χ0v) is 18.3. The van der Waals surface area contributed by atoms with Gasteiger partial charge in [0.15, 0.2) is 9.04 Å². The summed E-state index contributed by atoms with van der Waals surface area (Å²) in [7, 11) is -3.03. The first kappa shape index (κ1) is 19.2. The van der Waals surface area contributed by atoms with E-state index in [4.69, 9.17) is 4.12 Å². The van der Waals surface area contributed by atoms with Crippen molar-refractivity contribution >= 4 is 29.5 Å². The van der Waals surface area contributed by atoms with Crippen LogP contribution in [0.2, 0.25) is 26.2 Å². The van der Waals surface area contributed by atoms with Gasteiger partial charge in [0.05, 0.1) is 0 Å². The molecule has 3 nitrogen and oxygen atoms in total. The molecule has 1 aromatic rings. The first-order valence-electron chi connectivity index (χ1n) is 8.55. The van der Waals surface area contributed by atoms with E-state index in [9.17, 15) is 4.79 Å². The zero-order chi connectivity index (χ0) is 18.3. The van der Waals surface area contributed by atoms with Crippen molar-refractivity contribution in [2.45, 2.75) is 65.7 Å². The summed E-state index contributed by atoms with van der Waals surface area (Å²) in [5.41, 5.74) is 5.69. The molecule has 0 aromatic heterocycles. The maximum atomic E-state index is 13.0. The quantitative estimate of drug-likeness (QED) is 0.794. The van der Waals surface area contributed by atoms with Crippen LogP contribution in [0.15, 0.2) is 17.7 Å². The van der Waals surface area contributed by atoms with Crippen molar-refractivity contribution in [3.63, 3.8) is 0 Å². The molecule has 0 saturated carbocycles. The number of rotatable bonds is 4. The van der Waals surface area contributed by atoms with E-state index in [1.165, 1.54) is 16.7 Å². The van der Waals surface area contributed by atoms with Crippen LogP contribution in [-0.2, 0) is 16.0 Å². The lowest BCUT2D eigenvalue weighted by Gasteiger charge is -2.27. The van der Waals surface area contributed by atoms with Crippen molar-refractivity contribution in [2.75, 3.05) is 0 Å². The molecule has 0 spiro atoms. The third-order valence-corrected chi connectivity index (χ3v) is 8.63. The molecular weight excluding hydrogens is 330 g/mol. The third-order valence-electron chi connectivity index (χ3n) is 4.13. The summed E-state index contributed by atoms with van der Waals surface area (Å²) in [5.74, 6) is 0.0142. The van der Waals surface area contributed by atoms with Gasteiger partial charge in [-0.25, -0.2) is 0 Å². The second-order valence-electron chi connectivity index (χ2n) is 8.48. The predicted molar refractivity (Wildman–Crippen MR) is 106 cm³/mol. The van der Waals surface area contributed by atoms with Gasteiger partial charge in [0.1, 0.15) is 0 Å². The molecule has 1 aliphatic carbocycles. The van der Waals surface area contributed by atoms with Crippen LogP contribution in [0.25, 0.3) is 6.08 Å². The van der Waals surface area contributed by atoms with Gasteiger partial charge < -0.3 is 9.10 Å². The fourth-order valence-corrected chi connectivity index (χ4v) is 8.10. The van der Waals surface area contributed by atoms with Gasteiger partial charge in [0.25, 0.3) is 8.48 Å². The standard InChI is InChI=1S/C19H30NO2Si2/c1-13-9-14-11-15(19(2,3)4)12-17(16(14)10-13)18(21)20-24(7,8)22-23(5)6/h9,11-12H,10H2,1-8H3,(H,20,21). The summed E-state index contributed by atoms with van der Waals surface area (Å²) < 4.78 is 6.06. The molecule has 0 unspecified atom stereocenters. The second-order valence-corrected chi connectivity index (χ2v) is 14.4. The molecule has 0 saturated heterocycles. The van der Waals surface area contributed by atoms with Gasteiger partial charge in [-0.05, 0) is 67.7 Å². The molecule has 1 radical (unpaired) electrons. The van der Waals surface area contributed by atoms with Crippen molar-refractivity contribution in [3.05, 3.63) is 40.0 Å². The Morgan fingerprint density at radius 3 is 2.42 bits per heavy atom. The average molecular weight is 361 g/mol. The molecule has 0 bridgehead atoms. The van der Waals surface area contributed by atoms with E-state index >= 15 is 0 Å². The first-order valence-corrected chi connectivity index (χ1v) is 13.9. The van der Waals surface area contributed by atoms with Crippen LogP contribution < -0.4 is 4.98 Å². The van der Waals surface area contributed by atoms with Crippen LogP contribution in [0.3, 0.4) is 0 Å². The number of allylic oxidation sites excluding steroid dienone is 1. The summed E-state index contributed by atoms with van der Waals surface area (Å²) in [5, 5.41) is 0. The van der Waals surface area contributed by atoms with Gasteiger partial charge in [0, 0.05) is 5.56 Å². The van der Waals surface area contributed by atoms with Gasteiger partial charge in [-0.2, -0.15) is 0 Å². The largest absolute Gasteiger partial charge is 0.441 e. The van der Waals surface area contributed by atoms with Gasteiger partial charge in [0.2, 0.25) is 5.91 Å². The van der Waals surface area contributed by atoms with Crippen molar-refractivity contribution in [1.29, 1.82) is 0 Å². The van der Waals surface area contributed by atoms with E-state index in [0.29, 0.717) is 0 Å². The molecule has 0 aliphatic heterocycles. The van der Waals surface area contributed by atoms with Gasteiger partial charge in [-0.3, -0.25) is 4.79 Å². The molecule has 0 atom stereocenters. The van der Waals surface area contributed by atoms with E-state index in [1.54, 1.807) is 0 Å². The lowest BCUT2D eigenvalue weighted by atomic mass is 9.83. The molecule has 0 fully saturated rings. The maximum absolute atomic E-state index is 13.0. The molecule has 1 amide bonds. The predicted octanol–water partition coefficient (Wildman–Crippen LogP) is 4.64. The number of fused-ring (bicyclic) bond motifs is 1. The van der Waals surface area contributed by atoms with Crippen molar-refractivity contribution in [1.82, 2.24) is 4.98 Å². The lowest BCUT2D eigenvalue weighted by molar-refractivity contribution is 0.0973. The second kappa shape index (κ2) is 6.61. The average Bonchev–Trinajstić information content (AvgIpc) is 2.73. The highest BCUT2D eigenvalue weighted by atomic mass is 28.4. The van der Waals surface area contributed by atoms with Crippen LogP contribution in [0, 0.1) is 0 Å². The summed E-state index contributed by atoms with van der Waals surface area (Å²) in [6, 6.07) is 4.32. The maximum Gasteiger partial charge on any atom is 0.283 e. The lowest BCUT2D eigenvalue weighted by Crippen LogP contribution is -2.53. The van der Waals surface area contributed by atoms with Crippen LogP contribution in [0.1, 0.15) is 54.7 Å². The van der Waals surface area contributed by atoms with Crippen LogP contribution in [-0.4, -0.2) is 23.4 Å². The molecule has 1 N–H and O–H groups in total. The molecule has 24 heavy (non-hydrogen) atoms. The minimum atomic E-state index is -2.20. The monoisotopic (exact) mass is 360 g/mol. The Bertz CT molecular complexity index is 685. The molecule has 5 heteroatoms. The van der Waals surface area contributed by atoms with Gasteiger partial charge in [-0.15, -0.1) is 0 Å². The van der Waals surface area contributed by atoms with E-state index in [1.807, 2.05) is 0 Å². The number of carbonyl (C=O) groups excluding carboxylic acids is 1. The zero-order valence-electron chi connectivity index (χ0n) is 16.3. The Kier molecular flexibility index (Phi) is 5.28. The van der Waals surface area contributed by atoms with Crippen LogP contribution in [0.4, 0.5) is 0 Å². The van der Waals surface area contributed by atoms with E-state index < -0.39 is 17.5 Å². The van der Waals surface area contributed by atoms with E-state index in [2.05, 4.69) is 77.1 Å². The van der Waals surface area contributed by atoms with Gasteiger partial charge >= 0.3 is 0 Å². The fourth-order valence-electron chi connectivity index (χ4n) is 3.13. The number of amides is 1. The Morgan fingerprint density at radius 2 is 1.88 bits per heavy atom. The number of carbonyl (C=O) groups is 1. The van der Waals surface area contributed by atoms with Crippen molar-refractivity contribution in [3.8, 4) is 0 Å².